The summed E-state index contributed by atoms with van der Waals surface area (Å²) in [4.78, 5) is 19.3. The molecule has 0 unspecified atom stereocenters. The van der Waals surface area contributed by atoms with Crippen LogP contribution in [0.4, 0.5) is 0 Å². The van der Waals surface area contributed by atoms with E-state index in [1.165, 1.54) is 25.7 Å². The molecule has 0 amide bonds. The third kappa shape index (κ3) is 14.0. The van der Waals surface area contributed by atoms with Crippen molar-refractivity contribution in [3.63, 3.8) is 0 Å². The van der Waals surface area contributed by atoms with Gasteiger partial charge in [-0.3, -0.25) is 0 Å². The minimum absolute atomic E-state index is 0.706. The van der Waals surface area contributed by atoms with Gasteiger partial charge in [0, 0.05) is 18.4 Å². The number of rotatable bonds is 11. The summed E-state index contributed by atoms with van der Waals surface area (Å²) >= 11 is 0. The Morgan fingerprint density at radius 2 is 1.29 bits per heavy atom. The predicted octanol–water partition coefficient (Wildman–Crippen LogP) is -0.605. The molecule has 9 nitrogen and oxygen atoms in total. The molecule has 2 aromatic heterocycles. The quantitative estimate of drug-likeness (QED) is 0.470. The van der Waals surface area contributed by atoms with Crippen molar-refractivity contribution >= 4 is 11.9 Å². The molecule has 2 N–H and O–H groups in total. The number of hydrogen-bond donors (Lipinski definition) is 1. The molecule has 0 bridgehead atoms. The molecule has 0 fully saturated rings. The normalized spacial score (nSPS) is 11.0. The molecule has 2 rings (SSSR count). The van der Waals surface area contributed by atoms with Crippen LogP contribution in [-0.2, 0) is 35.8 Å². The molecule has 2 heterocycles. The molecule has 0 aliphatic rings. The lowest BCUT2D eigenvalue weighted by atomic mass is 10.2. The first-order chi connectivity index (χ1) is 14.8. The second-order valence-corrected chi connectivity index (χ2v) is 7.17. The number of carbonyl (C=O) groups excluding carboxylic acids is 2. The van der Waals surface area contributed by atoms with E-state index in [0.29, 0.717) is 0 Å². The second-order valence-electron chi connectivity index (χ2n) is 7.17. The van der Waals surface area contributed by atoms with E-state index in [-0.39, 0.29) is 0 Å². The van der Waals surface area contributed by atoms with Crippen molar-refractivity contribution in [3.8, 4) is 0 Å². The Morgan fingerprint density at radius 3 is 1.52 bits per heavy atom. The molecule has 2 aromatic rings. The van der Waals surface area contributed by atoms with Crippen molar-refractivity contribution in [2.24, 2.45) is 5.73 Å². The number of aryl methyl sites for hydroxylation is 4. The third-order valence-corrected chi connectivity index (χ3v) is 4.45. The summed E-state index contributed by atoms with van der Waals surface area (Å²) in [6.07, 6.45) is 17.2. The summed E-state index contributed by atoms with van der Waals surface area (Å²) in [7, 11) is 0. The number of unbranched alkanes of at least 4 members (excludes halogenated alkanes) is 2. The topological polar surface area (TPSA) is 124 Å². The van der Waals surface area contributed by atoms with Gasteiger partial charge in [-0.2, -0.15) is 0 Å². The van der Waals surface area contributed by atoms with Crippen LogP contribution in [0, 0.1) is 0 Å². The van der Waals surface area contributed by atoms with E-state index in [2.05, 4.69) is 83.4 Å². The number of carboxylic acids is 2. The van der Waals surface area contributed by atoms with E-state index in [1.807, 2.05) is 0 Å². The van der Waals surface area contributed by atoms with Crippen molar-refractivity contribution in [1.29, 1.82) is 0 Å². The average molecular weight is 438 g/mol. The van der Waals surface area contributed by atoms with Crippen LogP contribution in [0.1, 0.15) is 59.8 Å². The highest BCUT2D eigenvalue weighted by atomic mass is 16.4. The van der Waals surface area contributed by atoms with Gasteiger partial charge in [-0.1, -0.05) is 26.7 Å². The fourth-order valence-electron chi connectivity index (χ4n) is 2.46. The van der Waals surface area contributed by atoms with Gasteiger partial charge in [0.05, 0.1) is 32.1 Å². The van der Waals surface area contributed by atoms with Crippen molar-refractivity contribution < 1.29 is 28.9 Å². The molecule has 0 saturated heterocycles. The van der Waals surface area contributed by atoms with Crippen LogP contribution in [0.5, 0.6) is 0 Å². The number of nitrogens with zero attached hydrogens (tertiary/aromatic N) is 4. The smallest absolute Gasteiger partial charge is 0.243 e. The Bertz CT molecular complexity index is 696. The first-order valence-corrected chi connectivity index (χ1v) is 11.0. The van der Waals surface area contributed by atoms with Crippen molar-refractivity contribution in [1.82, 2.24) is 9.13 Å². The second kappa shape index (κ2) is 17.0. The van der Waals surface area contributed by atoms with Gasteiger partial charge in [-0.25, -0.2) is 18.3 Å². The zero-order valence-electron chi connectivity index (χ0n) is 19.4. The predicted molar refractivity (Wildman–Crippen MR) is 113 cm³/mol. The summed E-state index contributed by atoms with van der Waals surface area (Å²) in [6, 6.07) is -1.46. The largest absolute Gasteiger partial charge is 0.550 e. The Hall–Kier alpha value is -2.68. The van der Waals surface area contributed by atoms with Gasteiger partial charge in [0.15, 0.2) is 0 Å². The van der Waals surface area contributed by atoms with Crippen molar-refractivity contribution in [3.05, 3.63) is 37.4 Å². The fraction of sp³-hybridized carbons (Fsp3) is 0.636. The monoisotopic (exact) mass is 437 g/mol. The van der Waals surface area contributed by atoms with E-state index >= 15 is 0 Å². The summed E-state index contributed by atoms with van der Waals surface area (Å²) in [5.41, 5.74) is 4.73. The molecule has 9 heteroatoms. The molecule has 31 heavy (non-hydrogen) atoms. The molecular weight excluding hydrogens is 398 g/mol. The number of hydrogen-bond acceptors (Lipinski definition) is 5. The maximum Gasteiger partial charge on any atom is 0.243 e. The van der Waals surface area contributed by atoms with Gasteiger partial charge in [0.25, 0.3) is 0 Å². The van der Waals surface area contributed by atoms with E-state index < -0.39 is 24.4 Å². The van der Waals surface area contributed by atoms with Crippen LogP contribution in [0.15, 0.2) is 37.4 Å². The van der Waals surface area contributed by atoms with Crippen LogP contribution in [-0.4, -0.2) is 27.1 Å². The molecule has 0 radical (unpaired) electrons. The molecule has 0 aliphatic heterocycles. The fourth-order valence-corrected chi connectivity index (χ4v) is 2.46. The van der Waals surface area contributed by atoms with Gasteiger partial charge in [-0.15, -0.1) is 0 Å². The zero-order chi connectivity index (χ0) is 23.6. The number of aromatic nitrogens is 4. The number of nitrogens with two attached hydrogens (primary N) is 1. The van der Waals surface area contributed by atoms with Gasteiger partial charge >= 0.3 is 0 Å². The van der Waals surface area contributed by atoms with Crippen LogP contribution in [0.2, 0.25) is 0 Å². The number of carbonyl (C=O) groups is 2. The Kier molecular flexibility index (Phi) is 15.6. The Morgan fingerprint density at radius 1 is 0.871 bits per heavy atom. The minimum atomic E-state index is -1.58. The zero-order valence-corrected chi connectivity index (χ0v) is 19.4. The number of imidazole rings is 2. The van der Waals surface area contributed by atoms with E-state index in [1.54, 1.807) is 0 Å². The molecule has 0 aliphatic carbocycles. The highest BCUT2D eigenvalue weighted by Gasteiger charge is 2.01. The highest BCUT2D eigenvalue weighted by Crippen LogP contribution is 1.89. The molecule has 0 spiro atoms. The summed E-state index contributed by atoms with van der Waals surface area (Å²) in [5, 5.41) is 19.3. The highest BCUT2D eigenvalue weighted by molar-refractivity contribution is 5.77. The average Bonchev–Trinajstić information content (AvgIpc) is 3.40. The van der Waals surface area contributed by atoms with Crippen LogP contribution in [0.3, 0.4) is 0 Å². The lowest BCUT2D eigenvalue weighted by molar-refractivity contribution is -0.697. The molecule has 0 aromatic carbocycles. The maximum atomic E-state index is 9.71. The van der Waals surface area contributed by atoms with E-state index in [9.17, 15) is 19.8 Å². The Balaban J connectivity index is 0.000000439. The van der Waals surface area contributed by atoms with E-state index in [4.69, 9.17) is 5.73 Å². The lowest BCUT2D eigenvalue weighted by Crippen LogP contribution is -2.45. The van der Waals surface area contributed by atoms with Gasteiger partial charge < -0.3 is 25.5 Å². The van der Waals surface area contributed by atoms with Crippen LogP contribution in [0.25, 0.3) is 0 Å². The van der Waals surface area contributed by atoms with Crippen LogP contribution >= 0.6 is 0 Å². The SMILES string of the molecule is CCCC[n+]1ccn(CC)c1.CCCC[n+]1ccn(CC)c1.N[C@@H](CC(=O)[O-])C(=O)[O-]. The first kappa shape index (κ1) is 28.3. The molecule has 1 atom stereocenters. The van der Waals surface area contributed by atoms with E-state index in [0.717, 1.165) is 26.2 Å². The minimum Gasteiger partial charge on any atom is -0.550 e. The first-order valence-electron chi connectivity index (χ1n) is 11.0. The summed E-state index contributed by atoms with van der Waals surface area (Å²) in [6.45, 7) is 13.2. The van der Waals surface area contributed by atoms with Gasteiger partial charge in [-0.05, 0) is 26.7 Å². The summed E-state index contributed by atoms with van der Waals surface area (Å²) in [5.74, 6) is -3.08. The van der Waals surface area contributed by atoms with Gasteiger partial charge in [0.2, 0.25) is 12.7 Å². The number of aliphatic carboxylic acids is 2. The molecule has 0 saturated carbocycles. The van der Waals surface area contributed by atoms with Crippen LogP contribution < -0.4 is 25.1 Å². The summed E-state index contributed by atoms with van der Waals surface area (Å²) < 4.78 is 8.87. The Labute approximate surface area is 185 Å². The van der Waals surface area contributed by atoms with Crippen molar-refractivity contribution in [2.75, 3.05) is 0 Å². The number of carboxylic acid groups (broad SMARTS) is 2. The third-order valence-electron chi connectivity index (χ3n) is 4.45. The standard InChI is InChI=1S/2C9H17N2.C4H7NO4/c2*1-3-5-6-11-8-7-10(4-2)9-11;5-2(4(8)9)1-3(6)7/h2*7-9H,3-6H2,1-2H3;2H,1,5H2,(H,6,7)(H,8,9)/q2*+1;/p-2/t;;2-/m..0/s1. The maximum absolute atomic E-state index is 9.71. The van der Waals surface area contributed by atoms with Crippen molar-refractivity contribution in [2.45, 2.75) is 92.0 Å². The molecule has 176 valence electrons. The van der Waals surface area contributed by atoms with Gasteiger partial charge in [0.1, 0.15) is 24.8 Å². The lowest BCUT2D eigenvalue weighted by Gasteiger charge is -2.11. The molecular formula is C22H39N5O4.